The van der Waals surface area contributed by atoms with E-state index < -0.39 is 0 Å². The Balaban J connectivity index is 1.38. The van der Waals surface area contributed by atoms with Gasteiger partial charge in [0.15, 0.2) is 6.61 Å². The Morgan fingerprint density at radius 1 is 1.12 bits per heavy atom. The highest BCUT2D eigenvalue weighted by Crippen LogP contribution is 2.31. The van der Waals surface area contributed by atoms with Gasteiger partial charge < -0.3 is 19.9 Å². The molecular weight excluding hydrogens is 318 g/mol. The number of amides is 2. The fourth-order valence-electron chi connectivity index (χ4n) is 3.41. The van der Waals surface area contributed by atoms with E-state index in [0.29, 0.717) is 25.3 Å². The number of carbonyl (C=O) groups is 2. The van der Waals surface area contributed by atoms with Gasteiger partial charge in [0.1, 0.15) is 5.75 Å². The first kappa shape index (κ1) is 17.7. The summed E-state index contributed by atoms with van der Waals surface area (Å²) in [5, 5.41) is 2.97. The van der Waals surface area contributed by atoms with E-state index in [1.54, 1.807) is 4.90 Å². The second-order valence-electron chi connectivity index (χ2n) is 6.66. The van der Waals surface area contributed by atoms with Crippen molar-refractivity contribution in [1.29, 1.82) is 0 Å². The number of nitrogens with zero attached hydrogens (tertiary/aromatic N) is 2. The molecule has 1 aromatic carbocycles. The highest BCUT2D eigenvalue weighted by molar-refractivity contribution is 5.98. The Bertz CT molecular complexity index is 599. The normalized spacial score (nSPS) is 17.8. The Morgan fingerprint density at radius 2 is 1.92 bits per heavy atom. The van der Waals surface area contributed by atoms with Crippen LogP contribution in [-0.2, 0) is 9.59 Å². The minimum Gasteiger partial charge on any atom is -0.482 e. The highest BCUT2D eigenvalue weighted by atomic mass is 16.5. The summed E-state index contributed by atoms with van der Waals surface area (Å²) in [7, 11) is 0. The lowest BCUT2D eigenvalue weighted by Gasteiger charge is -2.29. The third-order valence-corrected chi connectivity index (χ3v) is 4.79. The topological polar surface area (TPSA) is 61.9 Å². The summed E-state index contributed by atoms with van der Waals surface area (Å²) >= 11 is 0. The first-order chi connectivity index (χ1) is 12.2. The molecule has 2 aliphatic heterocycles. The first-order valence-corrected chi connectivity index (χ1v) is 9.25. The molecule has 0 aromatic heterocycles. The monoisotopic (exact) mass is 345 g/mol. The molecule has 0 aliphatic carbocycles. The second kappa shape index (κ2) is 8.85. The molecule has 2 amide bonds. The summed E-state index contributed by atoms with van der Waals surface area (Å²) in [6.07, 6.45) is 5.22. The van der Waals surface area contributed by atoms with E-state index in [1.165, 1.54) is 32.4 Å². The van der Waals surface area contributed by atoms with Crippen LogP contribution in [0.25, 0.3) is 0 Å². The van der Waals surface area contributed by atoms with Gasteiger partial charge in [0.2, 0.25) is 5.91 Å². The van der Waals surface area contributed by atoms with E-state index in [4.69, 9.17) is 4.74 Å². The fraction of sp³-hybridized carbons (Fsp3) is 0.579. The number of benzene rings is 1. The smallest absolute Gasteiger partial charge is 0.265 e. The van der Waals surface area contributed by atoms with Gasteiger partial charge in [-0.25, -0.2) is 0 Å². The molecule has 0 atom stereocenters. The second-order valence-corrected chi connectivity index (χ2v) is 6.66. The number of anilines is 1. The zero-order chi connectivity index (χ0) is 17.5. The maximum atomic E-state index is 12.1. The molecule has 136 valence electrons. The number of fused-ring (bicyclic) bond motifs is 1. The van der Waals surface area contributed by atoms with Crippen LogP contribution in [0.3, 0.4) is 0 Å². The largest absolute Gasteiger partial charge is 0.482 e. The van der Waals surface area contributed by atoms with Crippen LogP contribution in [0.1, 0.15) is 32.1 Å². The van der Waals surface area contributed by atoms with E-state index >= 15 is 0 Å². The molecule has 2 aliphatic rings. The lowest BCUT2D eigenvalue weighted by molar-refractivity contribution is -0.122. The summed E-state index contributed by atoms with van der Waals surface area (Å²) < 4.78 is 5.41. The summed E-state index contributed by atoms with van der Waals surface area (Å²) in [5.74, 6) is 0.594. The van der Waals surface area contributed by atoms with E-state index in [2.05, 4.69) is 10.2 Å². The molecule has 0 spiro atoms. The Morgan fingerprint density at radius 3 is 2.76 bits per heavy atom. The van der Waals surface area contributed by atoms with Crippen LogP contribution in [0.2, 0.25) is 0 Å². The molecule has 1 saturated heterocycles. The summed E-state index contributed by atoms with van der Waals surface area (Å²) in [4.78, 5) is 28.2. The first-order valence-electron chi connectivity index (χ1n) is 9.25. The van der Waals surface area contributed by atoms with Gasteiger partial charge >= 0.3 is 0 Å². The molecule has 0 unspecified atom stereocenters. The third kappa shape index (κ3) is 4.95. The average Bonchev–Trinajstić information content (AvgIpc) is 2.65. The van der Waals surface area contributed by atoms with E-state index in [0.717, 1.165) is 18.7 Å². The van der Waals surface area contributed by atoms with Crippen LogP contribution in [0, 0.1) is 0 Å². The van der Waals surface area contributed by atoms with Crippen molar-refractivity contribution in [3.05, 3.63) is 24.3 Å². The van der Waals surface area contributed by atoms with Crippen LogP contribution in [-0.4, -0.2) is 56.0 Å². The van der Waals surface area contributed by atoms with Gasteiger partial charge in [0.05, 0.1) is 5.69 Å². The van der Waals surface area contributed by atoms with Crippen molar-refractivity contribution in [2.45, 2.75) is 32.1 Å². The van der Waals surface area contributed by atoms with Crippen molar-refractivity contribution in [2.75, 3.05) is 44.2 Å². The van der Waals surface area contributed by atoms with E-state index in [-0.39, 0.29) is 18.4 Å². The number of hydrogen-bond donors (Lipinski definition) is 1. The van der Waals surface area contributed by atoms with Crippen molar-refractivity contribution in [1.82, 2.24) is 10.2 Å². The van der Waals surface area contributed by atoms with Gasteiger partial charge in [0, 0.05) is 19.5 Å². The third-order valence-electron chi connectivity index (χ3n) is 4.79. The fourth-order valence-corrected chi connectivity index (χ4v) is 3.41. The molecule has 1 N–H and O–H groups in total. The molecule has 3 rings (SSSR count). The van der Waals surface area contributed by atoms with E-state index in [9.17, 15) is 9.59 Å². The van der Waals surface area contributed by atoms with Gasteiger partial charge in [0.25, 0.3) is 5.91 Å². The summed E-state index contributed by atoms with van der Waals surface area (Å²) in [5.41, 5.74) is 0.747. The standard InChI is InChI=1S/C19H27N3O3/c23-18(20-10-6-13-21-11-4-1-5-12-21)9-14-22-16-7-2-3-8-17(16)25-15-19(22)24/h2-3,7-8H,1,4-6,9-15H2,(H,20,23). The molecule has 2 heterocycles. The van der Waals surface area contributed by atoms with Crippen LogP contribution < -0.4 is 15.0 Å². The minimum atomic E-state index is -0.100. The van der Waals surface area contributed by atoms with Crippen LogP contribution in [0.15, 0.2) is 24.3 Å². The lowest BCUT2D eigenvalue weighted by atomic mass is 10.1. The molecule has 0 saturated carbocycles. The number of carbonyl (C=O) groups excluding carboxylic acids is 2. The number of para-hydroxylation sites is 2. The van der Waals surface area contributed by atoms with Gasteiger partial charge in [-0.1, -0.05) is 18.6 Å². The van der Waals surface area contributed by atoms with E-state index in [1.807, 2.05) is 24.3 Å². The van der Waals surface area contributed by atoms with Crippen molar-refractivity contribution in [3.8, 4) is 5.75 Å². The number of rotatable bonds is 7. The molecule has 0 radical (unpaired) electrons. The number of likely N-dealkylation sites (tertiary alicyclic amines) is 1. The Hall–Kier alpha value is -2.08. The lowest BCUT2D eigenvalue weighted by Crippen LogP contribution is -2.41. The van der Waals surface area contributed by atoms with Gasteiger partial charge in [-0.2, -0.15) is 0 Å². The van der Waals surface area contributed by atoms with Crippen molar-refractivity contribution < 1.29 is 14.3 Å². The SMILES string of the molecule is O=C(CCN1C(=O)COc2ccccc21)NCCCN1CCCCC1. The van der Waals surface area contributed by atoms with Crippen LogP contribution in [0.5, 0.6) is 5.75 Å². The Kier molecular flexibility index (Phi) is 6.28. The summed E-state index contributed by atoms with van der Waals surface area (Å²) in [6.45, 7) is 4.54. The predicted molar refractivity (Wildman–Crippen MR) is 96.8 cm³/mol. The van der Waals surface area contributed by atoms with Crippen molar-refractivity contribution >= 4 is 17.5 Å². The number of ether oxygens (including phenoxy) is 1. The minimum absolute atomic E-state index is 0.00424. The van der Waals surface area contributed by atoms with Crippen molar-refractivity contribution in [2.24, 2.45) is 0 Å². The molecular formula is C19H27N3O3. The number of piperidine rings is 1. The van der Waals surface area contributed by atoms with Crippen LogP contribution in [0.4, 0.5) is 5.69 Å². The molecule has 25 heavy (non-hydrogen) atoms. The zero-order valence-electron chi connectivity index (χ0n) is 14.7. The van der Waals surface area contributed by atoms with Crippen molar-refractivity contribution in [3.63, 3.8) is 0 Å². The Labute approximate surface area is 149 Å². The predicted octanol–water partition coefficient (Wildman–Crippen LogP) is 1.79. The summed E-state index contributed by atoms with van der Waals surface area (Å²) in [6, 6.07) is 7.44. The molecule has 6 heteroatoms. The quantitative estimate of drug-likeness (QED) is 0.766. The van der Waals surface area contributed by atoms with Gasteiger partial charge in [-0.3, -0.25) is 9.59 Å². The highest BCUT2D eigenvalue weighted by Gasteiger charge is 2.25. The maximum Gasteiger partial charge on any atom is 0.265 e. The molecule has 1 fully saturated rings. The number of hydrogen-bond acceptors (Lipinski definition) is 4. The average molecular weight is 345 g/mol. The number of nitrogens with one attached hydrogen (secondary N) is 1. The molecule has 6 nitrogen and oxygen atoms in total. The van der Waals surface area contributed by atoms with Gasteiger partial charge in [-0.15, -0.1) is 0 Å². The van der Waals surface area contributed by atoms with Gasteiger partial charge in [-0.05, 0) is 51.0 Å². The zero-order valence-corrected chi connectivity index (χ0v) is 14.7. The molecule has 1 aromatic rings. The molecule has 0 bridgehead atoms. The maximum absolute atomic E-state index is 12.1. The van der Waals surface area contributed by atoms with Crippen LogP contribution >= 0.6 is 0 Å².